The van der Waals surface area contributed by atoms with Crippen LogP contribution in [0.1, 0.15) is 36.9 Å². The fourth-order valence-corrected chi connectivity index (χ4v) is 5.27. The SMILES string of the molecule is CCc1nc(CN2CCN(C(=O)C3CCCN(C(=O)CCOc4ccccc4)C3)CC2)cs1. The number of hydrogen-bond donors (Lipinski definition) is 0. The molecule has 7 nitrogen and oxygen atoms in total. The second-order valence-electron chi connectivity index (χ2n) is 8.78. The number of piperazine rings is 1. The zero-order valence-electron chi connectivity index (χ0n) is 19.4. The number of aromatic nitrogens is 1. The Labute approximate surface area is 200 Å². The van der Waals surface area contributed by atoms with Crippen molar-refractivity contribution in [3.05, 3.63) is 46.4 Å². The van der Waals surface area contributed by atoms with Crippen molar-refractivity contribution in [3.8, 4) is 5.75 Å². The summed E-state index contributed by atoms with van der Waals surface area (Å²) in [6, 6.07) is 9.54. The molecule has 2 aliphatic rings. The van der Waals surface area contributed by atoms with E-state index in [1.54, 1.807) is 11.3 Å². The highest BCUT2D eigenvalue weighted by molar-refractivity contribution is 7.09. The van der Waals surface area contributed by atoms with Crippen molar-refractivity contribution in [1.82, 2.24) is 19.7 Å². The Bertz CT molecular complexity index is 911. The van der Waals surface area contributed by atoms with Crippen LogP contribution in [0.5, 0.6) is 5.75 Å². The zero-order valence-corrected chi connectivity index (χ0v) is 20.3. The molecule has 0 N–H and O–H groups in total. The minimum atomic E-state index is -0.0880. The standard InChI is InChI=1S/C25H34N4O3S/c1-2-23-26-21(19-33-23)18-27-12-14-28(15-13-27)25(31)20-7-6-11-29(17-20)24(30)10-16-32-22-8-4-3-5-9-22/h3-5,8-9,19-20H,2,6-7,10-18H2,1H3. The highest BCUT2D eigenvalue weighted by Crippen LogP contribution is 2.21. The lowest BCUT2D eigenvalue weighted by atomic mass is 9.96. The molecule has 1 atom stereocenters. The molecule has 3 heterocycles. The second-order valence-corrected chi connectivity index (χ2v) is 9.72. The third-order valence-corrected chi connectivity index (χ3v) is 7.46. The average Bonchev–Trinajstić information content (AvgIpc) is 3.32. The van der Waals surface area contributed by atoms with E-state index in [9.17, 15) is 9.59 Å². The summed E-state index contributed by atoms with van der Waals surface area (Å²) in [5.74, 6) is 0.962. The number of nitrogens with zero attached hydrogens (tertiary/aromatic N) is 4. The van der Waals surface area contributed by atoms with Crippen molar-refractivity contribution in [3.63, 3.8) is 0 Å². The van der Waals surface area contributed by atoms with Gasteiger partial charge in [-0.2, -0.15) is 0 Å². The number of ether oxygens (including phenoxy) is 1. The molecule has 8 heteroatoms. The normalized spacial score (nSPS) is 19.5. The second kappa shape index (κ2) is 11.6. The van der Waals surface area contributed by atoms with Crippen molar-refractivity contribution < 1.29 is 14.3 Å². The summed E-state index contributed by atoms with van der Waals surface area (Å²) >= 11 is 1.73. The summed E-state index contributed by atoms with van der Waals surface area (Å²) in [5, 5.41) is 3.33. The molecule has 0 spiro atoms. The van der Waals surface area contributed by atoms with Gasteiger partial charge in [0, 0.05) is 51.2 Å². The summed E-state index contributed by atoms with van der Waals surface area (Å²) < 4.78 is 5.67. The molecule has 178 valence electrons. The molecular weight excluding hydrogens is 436 g/mol. The van der Waals surface area contributed by atoms with E-state index in [4.69, 9.17) is 4.74 Å². The molecule has 1 unspecified atom stereocenters. The average molecular weight is 471 g/mol. The lowest BCUT2D eigenvalue weighted by Gasteiger charge is -2.39. The molecule has 4 rings (SSSR count). The molecule has 2 aliphatic heterocycles. The zero-order chi connectivity index (χ0) is 23.0. The number of piperidine rings is 1. The van der Waals surface area contributed by atoms with Crippen LogP contribution in [0.3, 0.4) is 0 Å². The van der Waals surface area contributed by atoms with Gasteiger partial charge >= 0.3 is 0 Å². The van der Waals surface area contributed by atoms with Gasteiger partial charge in [0.05, 0.1) is 29.6 Å². The van der Waals surface area contributed by atoms with Crippen molar-refractivity contribution in [2.45, 2.75) is 39.2 Å². The molecule has 0 aliphatic carbocycles. The lowest BCUT2D eigenvalue weighted by molar-refractivity contribution is -0.142. The molecule has 33 heavy (non-hydrogen) atoms. The number of carbonyl (C=O) groups excluding carboxylic acids is 2. The Morgan fingerprint density at radius 1 is 1.09 bits per heavy atom. The molecule has 1 aromatic heterocycles. The van der Waals surface area contributed by atoms with Gasteiger partial charge < -0.3 is 14.5 Å². The first-order valence-electron chi connectivity index (χ1n) is 12.0. The van der Waals surface area contributed by atoms with Gasteiger partial charge in [0.25, 0.3) is 0 Å². The number of thiazole rings is 1. The number of para-hydroxylation sites is 1. The van der Waals surface area contributed by atoms with E-state index in [1.165, 1.54) is 5.01 Å². The summed E-state index contributed by atoms with van der Waals surface area (Å²) in [5.41, 5.74) is 1.13. The van der Waals surface area contributed by atoms with Crippen LogP contribution in [-0.4, -0.2) is 77.4 Å². The first kappa shape index (κ1) is 23.7. The third-order valence-electron chi connectivity index (χ3n) is 6.42. The number of amides is 2. The molecule has 2 saturated heterocycles. The number of hydrogen-bond acceptors (Lipinski definition) is 6. The van der Waals surface area contributed by atoms with Crippen LogP contribution >= 0.6 is 11.3 Å². The summed E-state index contributed by atoms with van der Waals surface area (Å²) in [4.78, 5) is 36.7. The van der Waals surface area contributed by atoms with Gasteiger partial charge in [-0.15, -0.1) is 11.3 Å². The predicted octanol–water partition coefficient (Wildman–Crippen LogP) is 3.06. The van der Waals surface area contributed by atoms with E-state index in [2.05, 4.69) is 22.2 Å². The van der Waals surface area contributed by atoms with Crippen molar-refractivity contribution in [2.24, 2.45) is 5.92 Å². The van der Waals surface area contributed by atoms with Crippen LogP contribution in [0.25, 0.3) is 0 Å². The van der Waals surface area contributed by atoms with E-state index < -0.39 is 0 Å². The molecule has 2 aromatic rings. The number of benzene rings is 1. The van der Waals surface area contributed by atoms with Gasteiger partial charge in [-0.25, -0.2) is 4.98 Å². The maximum Gasteiger partial charge on any atom is 0.227 e. The fraction of sp³-hybridized carbons (Fsp3) is 0.560. The molecule has 0 bridgehead atoms. The minimum Gasteiger partial charge on any atom is -0.493 e. The van der Waals surface area contributed by atoms with Crippen LogP contribution in [0, 0.1) is 5.92 Å². The van der Waals surface area contributed by atoms with Gasteiger partial charge in [0.15, 0.2) is 0 Å². The van der Waals surface area contributed by atoms with Gasteiger partial charge in [0.2, 0.25) is 11.8 Å². The van der Waals surface area contributed by atoms with Crippen LogP contribution in [0.4, 0.5) is 0 Å². The summed E-state index contributed by atoms with van der Waals surface area (Å²) in [6.07, 6.45) is 3.06. The highest BCUT2D eigenvalue weighted by Gasteiger charge is 2.32. The van der Waals surface area contributed by atoms with E-state index in [0.717, 1.165) is 70.0 Å². The van der Waals surface area contributed by atoms with E-state index in [1.807, 2.05) is 40.1 Å². The van der Waals surface area contributed by atoms with Crippen LogP contribution < -0.4 is 4.74 Å². The Morgan fingerprint density at radius 2 is 1.88 bits per heavy atom. The first-order chi connectivity index (χ1) is 16.1. The van der Waals surface area contributed by atoms with Crippen LogP contribution in [0.15, 0.2) is 35.7 Å². The summed E-state index contributed by atoms with van der Waals surface area (Å²) in [6.45, 7) is 7.85. The van der Waals surface area contributed by atoms with E-state index in [0.29, 0.717) is 19.6 Å². The van der Waals surface area contributed by atoms with E-state index >= 15 is 0 Å². The van der Waals surface area contributed by atoms with Crippen molar-refractivity contribution in [1.29, 1.82) is 0 Å². The predicted molar refractivity (Wildman–Crippen MR) is 129 cm³/mol. The van der Waals surface area contributed by atoms with Gasteiger partial charge in [-0.1, -0.05) is 25.1 Å². The van der Waals surface area contributed by atoms with E-state index in [-0.39, 0.29) is 17.7 Å². The molecule has 2 fully saturated rings. The molecule has 0 radical (unpaired) electrons. The van der Waals surface area contributed by atoms with Gasteiger partial charge in [-0.3, -0.25) is 14.5 Å². The maximum atomic E-state index is 13.2. The minimum absolute atomic E-state index is 0.0722. The quantitative estimate of drug-likeness (QED) is 0.593. The largest absolute Gasteiger partial charge is 0.493 e. The van der Waals surface area contributed by atoms with Crippen molar-refractivity contribution in [2.75, 3.05) is 45.9 Å². The molecule has 0 saturated carbocycles. The fourth-order valence-electron chi connectivity index (χ4n) is 4.53. The summed E-state index contributed by atoms with van der Waals surface area (Å²) in [7, 11) is 0. The Hall–Kier alpha value is -2.45. The number of likely N-dealkylation sites (tertiary alicyclic amines) is 1. The maximum absolute atomic E-state index is 13.2. The smallest absolute Gasteiger partial charge is 0.227 e. The first-order valence-corrected chi connectivity index (χ1v) is 12.9. The number of rotatable bonds is 8. The molecule has 2 amide bonds. The Balaban J connectivity index is 1.20. The Kier molecular flexibility index (Phi) is 8.34. The van der Waals surface area contributed by atoms with Gasteiger partial charge in [-0.05, 0) is 31.4 Å². The Morgan fingerprint density at radius 3 is 2.61 bits per heavy atom. The number of carbonyl (C=O) groups is 2. The van der Waals surface area contributed by atoms with Crippen molar-refractivity contribution >= 4 is 23.2 Å². The monoisotopic (exact) mass is 470 g/mol. The van der Waals surface area contributed by atoms with Crippen LogP contribution in [0.2, 0.25) is 0 Å². The third kappa shape index (κ3) is 6.54. The van der Waals surface area contributed by atoms with Crippen LogP contribution in [-0.2, 0) is 22.6 Å². The number of aryl methyl sites for hydroxylation is 1. The topological polar surface area (TPSA) is 66.0 Å². The van der Waals surface area contributed by atoms with Gasteiger partial charge in [0.1, 0.15) is 5.75 Å². The highest BCUT2D eigenvalue weighted by atomic mass is 32.1. The molecular formula is C25H34N4O3S. The molecule has 1 aromatic carbocycles. The lowest BCUT2D eigenvalue weighted by Crippen LogP contribution is -2.52.